The van der Waals surface area contributed by atoms with Crippen molar-refractivity contribution in [2.45, 2.75) is 19.1 Å². The van der Waals surface area contributed by atoms with Gasteiger partial charge >= 0.3 is 5.97 Å². The molecule has 0 radical (unpaired) electrons. The highest BCUT2D eigenvalue weighted by Crippen LogP contribution is 2.21. The molecule has 0 saturated carbocycles. The van der Waals surface area contributed by atoms with E-state index >= 15 is 0 Å². The van der Waals surface area contributed by atoms with E-state index in [0.717, 1.165) is 5.56 Å². The smallest absolute Gasteiger partial charge is 0.331 e. The molecule has 0 aliphatic carbocycles. The summed E-state index contributed by atoms with van der Waals surface area (Å²) in [5.74, 6) is -1.10. The number of esters is 1. The van der Waals surface area contributed by atoms with Gasteiger partial charge in [0.1, 0.15) is 18.8 Å². The maximum Gasteiger partial charge on any atom is 0.331 e. The lowest BCUT2D eigenvalue weighted by atomic mass is 10.1. The van der Waals surface area contributed by atoms with Gasteiger partial charge in [-0.25, -0.2) is 13.9 Å². The van der Waals surface area contributed by atoms with E-state index < -0.39 is 17.8 Å². The molecule has 0 aliphatic heterocycles. The second kappa shape index (κ2) is 7.85. The Morgan fingerprint density at radius 3 is 2.68 bits per heavy atom. The summed E-state index contributed by atoms with van der Waals surface area (Å²) in [7, 11) is 0. The van der Waals surface area contributed by atoms with E-state index in [2.05, 4.69) is 15.5 Å². The zero-order valence-electron chi connectivity index (χ0n) is 13.0. The van der Waals surface area contributed by atoms with Gasteiger partial charge < -0.3 is 4.74 Å². The molecule has 0 fully saturated rings. The lowest BCUT2D eigenvalue weighted by molar-refractivity contribution is -0.149. The third-order valence-electron chi connectivity index (χ3n) is 3.65. The highest BCUT2D eigenvalue weighted by molar-refractivity contribution is 6.31. The minimum atomic E-state index is -0.761. The van der Waals surface area contributed by atoms with Crippen LogP contribution in [0.15, 0.2) is 54.9 Å². The lowest BCUT2D eigenvalue weighted by Gasteiger charge is -2.16. The van der Waals surface area contributed by atoms with Crippen LogP contribution < -0.4 is 0 Å². The maximum atomic E-state index is 13.8. The molecule has 0 bridgehead atoms. The fourth-order valence-electron chi connectivity index (χ4n) is 2.34. The fourth-order valence-corrected chi connectivity index (χ4v) is 2.56. The number of carbonyl (C=O) groups is 1. The molecule has 0 spiro atoms. The minimum absolute atomic E-state index is 0.132. The Labute approximate surface area is 148 Å². The summed E-state index contributed by atoms with van der Waals surface area (Å²) in [6.07, 6.45) is 1.68. The van der Waals surface area contributed by atoms with E-state index in [1.54, 1.807) is 0 Å². The van der Waals surface area contributed by atoms with Crippen LogP contribution in [0.1, 0.15) is 17.2 Å². The Morgan fingerprint density at radius 2 is 2.00 bits per heavy atom. The maximum absolute atomic E-state index is 13.8. The van der Waals surface area contributed by atoms with Crippen molar-refractivity contribution in [3.63, 3.8) is 0 Å². The van der Waals surface area contributed by atoms with Crippen LogP contribution in [0, 0.1) is 5.82 Å². The number of aromatic nitrogens is 4. The Kier molecular flexibility index (Phi) is 5.35. The molecular formula is C17H14ClFN4O2. The molecule has 2 aromatic carbocycles. The van der Waals surface area contributed by atoms with Crippen LogP contribution in [0.5, 0.6) is 0 Å². The molecule has 128 valence electrons. The van der Waals surface area contributed by atoms with Crippen LogP contribution in [0.4, 0.5) is 4.39 Å². The van der Waals surface area contributed by atoms with Crippen LogP contribution in [-0.2, 0) is 22.6 Å². The average molecular weight is 361 g/mol. The lowest BCUT2D eigenvalue weighted by Crippen LogP contribution is -2.25. The van der Waals surface area contributed by atoms with Gasteiger partial charge in [-0.05, 0) is 28.1 Å². The average Bonchev–Trinajstić information content (AvgIpc) is 3.14. The molecule has 25 heavy (non-hydrogen) atoms. The zero-order chi connectivity index (χ0) is 17.6. The van der Waals surface area contributed by atoms with Crippen LogP contribution in [0.25, 0.3) is 0 Å². The summed E-state index contributed by atoms with van der Waals surface area (Å²) < 4.78 is 20.4. The summed E-state index contributed by atoms with van der Waals surface area (Å²) >= 11 is 5.95. The Balaban J connectivity index is 1.75. The first-order chi connectivity index (χ1) is 12.1. The largest absolute Gasteiger partial charge is 0.459 e. The van der Waals surface area contributed by atoms with Crippen molar-refractivity contribution in [3.05, 3.63) is 76.8 Å². The van der Waals surface area contributed by atoms with Gasteiger partial charge in [0.2, 0.25) is 0 Å². The third kappa shape index (κ3) is 4.19. The van der Waals surface area contributed by atoms with Crippen molar-refractivity contribution < 1.29 is 13.9 Å². The van der Waals surface area contributed by atoms with E-state index in [-0.39, 0.29) is 17.2 Å². The van der Waals surface area contributed by atoms with Crippen LogP contribution in [0.2, 0.25) is 5.02 Å². The van der Waals surface area contributed by atoms with Crippen LogP contribution in [-0.4, -0.2) is 26.2 Å². The first-order valence-electron chi connectivity index (χ1n) is 7.51. The molecular weight excluding hydrogens is 347 g/mol. The van der Waals surface area contributed by atoms with Gasteiger partial charge in [0.15, 0.2) is 6.04 Å². The third-order valence-corrected chi connectivity index (χ3v) is 4.00. The van der Waals surface area contributed by atoms with E-state index in [1.165, 1.54) is 29.2 Å². The van der Waals surface area contributed by atoms with Crippen molar-refractivity contribution in [1.82, 2.24) is 20.2 Å². The molecule has 0 amide bonds. The van der Waals surface area contributed by atoms with Crippen LogP contribution >= 0.6 is 11.6 Å². The summed E-state index contributed by atoms with van der Waals surface area (Å²) in [6, 6.07) is 12.9. The quantitative estimate of drug-likeness (QED) is 0.632. The Hall–Kier alpha value is -2.80. The first-order valence-corrected chi connectivity index (χ1v) is 7.89. The Bertz CT molecular complexity index is 823. The highest BCUT2D eigenvalue weighted by atomic mass is 35.5. The van der Waals surface area contributed by atoms with Crippen molar-refractivity contribution in [2.75, 3.05) is 0 Å². The predicted molar refractivity (Wildman–Crippen MR) is 88.2 cm³/mol. The number of tetrazole rings is 1. The molecule has 8 heteroatoms. The van der Waals surface area contributed by atoms with Gasteiger partial charge in [0, 0.05) is 12.0 Å². The number of hydrogen-bond acceptors (Lipinski definition) is 5. The Morgan fingerprint density at radius 1 is 1.20 bits per heavy atom. The topological polar surface area (TPSA) is 69.9 Å². The summed E-state index contributed by atoms with van der Waals surface area (Å²) in [5.41, 5.74) is 1.05. The van der Waals surface area contributed by atoms with Crippen molar-refractivity contribution in [1.29, 1.82) is 0 Å². The normalized spacial score (nSPS) is 11.9. The van der Waals surface area contributed by atoms with Gasteiger partial charge in [-0.1, -0.05) is 48.0 Å². The highest BCUT2D eigenvalue weighted by Gasteiger charge is 2.24. The zero-order valence-corrected chi connectivity index (χ0v) is 13.8. The fraction of sp³-hybridized carbons (Fsp3) is 0.176. The summed E-state index contributed by atoms with van der Waals surface area (Å²) in [4.78, 5) is 12.5. The number of benzene rings is 2. The molecule has 1 aromatic heterocycles. The predicted octanol–water partition coefficient (Wildman–Crippen LogP) is 2.99. The number of ether oxygens (including phenoxy) is 1. The number of nitrogens with zero attached hydrogens (tertiary/aromatic N) is 4. The van der Waals surface area contributed by atoms with Gasteiger partial charge in [0.25, 0.3) is 0 Å². The van der Waals surface area contributed by atoms with Gasteiger partial charge in [0.05, 0.1) is 5.02 Å². The summed E-state index contributed by atoms with van der Waals surface area (Å²) in [5, 5.41) is 11.1. The van der Waals surface area contributed by atoms with Gasteiger partial charge in [-0.2, -0.15) is 0 Å². The van der Waals surface area contributed by atoms with E-state index in [4.69, 9.17) is 16.3 Å². The molecule has 0 saturated heterocycles. The molecule has 0 unspecified atom stereocenters. The number of halogens is 2. The molecule has 3 rings (SSSR count). The first kappa shape index (κ1) is 17.0. The van der Waals surface area contributed by atoms with E-state index in [1.807, 2.05) is 30.3 Å². The van der Waals surface area contributed by atoms with Gasteiger partial charge in [-0.15, -0.1) is 5.10 Å². The monoisotopic (exact) mass is 360 g/mol. The molecule has 3 aromatic rings. The molecule has 1 atom stereocenters. The standard InChI is InChI=1S/C17H14ClFN4O2/c18-14-7-4-8-15(19)13(14)10-25-17(24)16(23-11-20-21-22-23)9-12-5-2-1-3-6-12/h1-8,11,16H,9-10H2/t16-/m0/s1. The molecule has 1 heterocycles. The summed E-state index contributed by atoms with van der Waals surface area (Å²) in [6.45, 7) is -0.266. The van der Waals surface area contributed by atoms with Crippen molar-refractivity contribution >= 4 is 17.6 Å². The van der Waals surface area contributed by atoms with Crippen LogP contribution in [0.3, 0.4) is 0 Å². The number of hydrogen-bond donors (Lipinski definition) is 0. The van der Waals surface area contributed by atoms with E-state index in [9.17, 15) is 9.18 Å². The second-order valence-electron chi connectivity index (χ2n) is 5.30. The molecule has 6 nitrogen and oxygen atoms in total. The number of carbonyl (C=O) groups excluding carboxylic acids is 1. The van der Waals surface area contributed by atoms with Crippen molar-refractivity contribution in [3.8, 4) is 0 Å². The SMILES string of the molecule is O=C(OCc1c(F)cccc1Cl)[C@H](Cc1ccccc1)n1cnnn1. The molecule has 0 aliphatic rings. The van der Waals surface area contributed by atoms with E-state index in [0.29, 0.717) is 6.42 Å². The van der Waals surface area contributed by atoms with Crippen molar-refractivity contribution in [2.24, 2.45) is 0 Å². The minimum Gasteiger partial charge on any atom is -0.459 e. The number of rotatable bonds is 6. The second-order valence-corrected chi connectivity index (χ2v) is 5.71. The van der Waals surface area contributed by atoms with Gasteiger partial charge in [-0.3, -0.25) is 0 Å². The molecule has 0 N–H and O–H groups in total.